The average molecular weight is 356 g/mol. The normalized spacial score (nSPS) is 17.3. The van der Waals surface area contributed by atoms with Crippen LogP contribution in [0.2, 0.25) is 0 Å². The lowest BCUT2D eigenvalue weighted by Gasteiger charge is -2.33. The van der Waals surface area contributed by atoms with Crippen LogP contribution >= 0.6 is 0 Å². The molecule has 26 heavy (non-hydrogen) atoms. The van der Waals surface area contributed by atoms with Crippen molar-refractivity contribution in [3.63, 3.8) is 0 Å². The molecule has 138 valence electrons. The average Bonchev–Trinajstić information content (AvgIpc) is 2.67. The molecule has 0 aliphatic carbocycles. The molecule has 2 aromatic rings. The number of benzene rings is 1. The van der Waals surface area contributed by atoms with Crippen LogP contribution in [-0.2, 0) is 20.9 Å². The number of carbonyl (C=O) groups is 2. The molecule has 7 heteroatoms. The summed E-state index contributed by atoms with van der Waals surface area (Å²) in [6.07, 6.45) is 3.33. The van der Waals surface area contributed by atoms with Gasteiger partial charge in [-0.3, -0.25) is 14.6 Å². The minimum atomic E-state index is -0.178. The van der Waals surface area contributed by atoms with Crippen molar-refractivity contribution >= 4 is 22.8 Å². The van der Waals surface area contributed by atoms with E-state index in [0.717, 1.165) is 29.6 Å². The maximum absolute atomic E-state index is 12.8. The second-order valence-electron chi connectivity index (χ2n) is 6.66. The van der Waals surface area contributed by atoms with E-state index < -0.39 is 0 Å². The summed E-state index contributed by atoms with van der Waals surface area (Å²) in [6.45, 7) is 1.60. The largest absolute Gasteiger partial charge is 0.375 e. The van der Waals surface area contributed by atoms with Crippen LogP contribution in [0.4, 0.5) is 0 Å². The van der Waals surface area contributed by atoms with Crippen molar-refractivity contribution in [3.05, 3.63) is 36.2 Å². The van der Waals surface area contributed by atoms with E-state index in [1.807, 2.05) is 24.3 Å². The zero-order valence-electron chi connectivity index (χ0n) is 15.2. The zero-order valence-corrected chi connectivity index (χ0v) is 15.2. The number of amides is 2. The van der Waals surface area contributed by atoms with Crippen molar-refractivity contribution in [1.82, 2.24) is 19.8 Å². The summed E-state index contributed by atoms with van der Waals surface area (Å²) >= 11 is 0. The van der Waals surface area contributed by atoms with Gasteiger partial charge in [-0.15, -0.1) is 0 Å². The second-order valence-corrected chi connectivity index (χ2v) is 6.66. The van der Waals surface area contributed by atoms with Gasteiger partial charge < -0.3 is 14.5 Å². The van der Waals surface area contributed by atoms with Gasteiger partial charge in [-0.2, -0.15) is 0 Å². The number of hydrogen-bond donors (Lipinski definition) is 0. The third-order valence-corrected chi connectivity index (χ3v) is 4.66. The second kappa shape index (κ2) is 8.23. The Morgan fingerprint density at radius 2 is 2.08 bits per heavy atom. The van der Waals surface area contributed by atoms with E-state index in [-0.39, 0.29) is 24.3 Å². The Bertz CT molecular complexity index is 795. The minimum absolute atomic E-state index is 0.0369. The van der Waals surface area contributed by atoms with Gasteiger partial charge in [-0.25, -0.2) is 4.98 Å². The third kappa shape index (κ3) is 4.16. The van der Waals surface area contributed by atoms with Crippen LogP contribution in [0.25, 0.3) is 11.0 Å². The molecule has 0 radical (unpaired) electrons. The van der Waals surface area contributed by atoms with Crippen molar-refractivity contribution in [2.75, 3.05) is 33.9 Å². The molecule has 1 saturated heterocycles. The summed E-state index contributed by atoms with van der Waals surface area (Å²) in [5, 5.41) is 0. The number of likely N-dealkylation sites (tertiary alicyclic amines) is 1. The highest BCUT2D eigenvalue weighted by atomic mass is 16.5. The van der Waals surface area contributed by atoms with Gasteiger partial charge in [0.05, 0.1) is 35.4 Å². The molecule has 1 fully saturated rings. The topological polar surface area (TPSA) is 75.6 Å². The Labute approximate surface area is 153 Å². The van der Waals surface area contributed by atoms with Crippen LogP contribution in [-0.4, -0.2) is 65.4 Å². The molecule has 1 aromatic heterocycles. The quantitative estimate of drug-likeness (QED) is 0.811. The molecule has 3 rings (SSSR count). The van der Waals surface area contributed by atoms with E-state index in [1.54, 1.807) is 23.0 Å². The first-order chi connectivity index (χ1) is 12.6. The van der Waals surface area contributed by atoms with Crippen LogP contribution < -0.4 is 0 Å². The van der Waals surface area contributed by atoms with Gasteiger partial charge >= 0.3 is 0 Å². The molecule has 1 aromatic carbocycles. The summed E-state index contributed by atoms with van der Waals surface area (Å²) in [5.74, 6) is -0.203. The Hall–Kier alpha value is -2.54. The highest BCUT2D eigenvalue weighted by Gasteiger charge is 2.30. The standard InChI is InChI=1S/C19H24N4O3/c1-22(12-15-10-20-16-7-3-4-8-17(16)21-15)19(25)14-6-5-9-23(11-14)18(24)13-26-2/h3-4,7-8,10,14H,5-6,9,11-13H2,1-2H3. The first kappa shape index (κ1) is 18.3. The molecule has 0 N–H and O–H groups in total. The van der Waals surface area contributed by atoms with Crippen molar-refractivity contribution in [2.24, 2.45) is 5.92 Å². The van der Waals surface area contributed by atoms with E-state index in [0.29, 0.717) is 19.6 Å². The SMILES string of the molecule is COCC(=O)N1CCCC(C(=O)N(C)Cc2cnc3ccccc3n2)C1. The molecule has 2 amide bonds. The third-order valence-electron chi connectivity index (χ3n) is 4.66. The van der Waals surface area contributed by atoms with Gasteiger partial charge in [0.1, 0.15) is 6.61 Å². The number of rotatable bonds is 5. The molecule has 2 heterocycles. The molecular weight excluding hydrogens is 332 g/mol. The van der Waals surface area contributed by atoms with E-state index in [9.17, 15) is 9.59 Å². The van der Waals surface area contributed by atoms with Crippen LogP contribution in [0, 0.1) is 5.92 Å². The Morgan fingerprint density at radius 3 is 2.85 bits per heavy atom. The van der Waals surface area contributed by atoms with E-state index in [2.05, 4.69) is 9.97 Å². The maximum atomic E-state index is 12.8. The van der Waals surface area contributed by atoms with Gasteiger partial charge in [-0.1, -0.05) is 12.1 Å². The molecule has 0 bridgehead atoms. The van der Waals surface area contributed by atoms with E-state index in [4.69, 9.17) is 4.74 Å². The van der Waals surface area contributed by atoms with Crippen LogP contribution in [0.1, 0.15) is 18.5 Å². The molecule has 7 nitrogen and oxygen atoms in total. The van der Waals surface area contributed by atoms with Crippen molar-refractivity contribution < 1.29 is 14.3 Å². The van der Waals surface area contributed by atoms with Crippen LogP contribution in [0.15, 0.2) is 30.5 Å². The predicted molar refractivity (Wildman–Crippen MR) is 97.2 cm³/mol. The summed E-state index contributed by atoms with van der Waals surface area (Å²) in [4.78, 5) is 37.2. The molecule has 1 aliphatic rings. The van der Waals surface area contributed by atoms with Gasteiger partial charge in [-0.05, 0) is 25.0 Å². The van der Waals surface area contributed by atoms with Crippen molar-refractivity contribution in [2.45, 2.75) is 19.4 Å². The molecule has 1 atom stereocenters. The summed E-state index contributed by atoms with van der Waals surface area (Å²) in [5.41, 5.74) is 2.41. The smallest absolute Gasteiger partial charge is 0.248 e. The number of fused-ring (bicyclic) bond motifs is 1. The Balaban J connectivity index is 1.63. The van der Waals surface area contributed by atoms with Crippen LogP contribution in [0.3, 0.4) is 0 Å². The van der Waals surface area contributed by atoms with Gasteiger partial charge in [0, 0.05) is 27.2 Å². The zero-order chi connectivity index (χ0) is 18.5. The number of para-hydroxylation sites is 2. The molecule has 1 unspecified atom stereocenters. The first-order valence-electron chi connectivity index (χ1n) is 8.81. The number of nitrogens with zero attached hydrogens (tertiary/aromatic N) is 4. The number of hydrogen-bond acceptors (Lipinski definition) is 5. The summed E-state index contributed by atoms with van der Waals surface area (Å²) in [6, 6.07) is 7.66. The fourth-order valence-electron chi connectivity index (χ4n) is 3.32. The lowest BCUT2D eigenvalue weighted by Crippen LogP contribution is -2.46. The number of ether oxygens (including phenoxy) is 1. The highest BCUT2D eigenvalue weighted by Crippen LogP contribution is 2.19. The molecular formula is C19H24N4O3. The number of carbonyl (C=O) groups excluding carboxylic acids is 2. The Morgan fingerprint density at radius 1 is 1.31 bits per heavy atom. The van der Waals surface area contributed by atoms with Gasteiger partial charge in [0.25, 0.3) is 0 Å². The fraction of sp³-hybridized carbons (Fsp3) is 0.474. The van der Waals surface area contributed by atoms with E-state index >= 15 is 0 Å². The highest BCUT2D eigenvalue weighted by molar-refractivity contribution is 5.82. The van der Waals surface area contributed by atoms with Crippen molar-refractivity contribution in [1.29, 1.82) is 0 Å². The molecule has 0 saturated carbocycles. The predicted octanol–water partition coefficient (Wildman–Crippen LogP) is 1.47. The monoisotopic (exact) mass is 356 g/mol. The number of methoxy groups -OCH3 is 1. The number of aromatic nitrogens is 2. The first-order valence-corrected chi connectivity index (χ1v) is 8.81. The summed E-state index contributed by atoms with van der Waals surface area (Å²) < 4.78 is 4.91. The maximum Gasteiger partial charge on any atom is 0.248 e. The lowest BCUT2D eigenvalue weighted by atomic mass is 9.96. The lowest BCUT2D eigenvalue weighted by molar-refractivity contribution is -0.142. The van der Waals surface area contributed by atoms with Gasteiger partial charge in [0.2, 0.25) is 11.8 Å². The Kier molecular flexibility index (Phi) is 5.78. The van der Waals surface area contributed by atoms with Gasteiger partial charge in [0.15, 0.2) is 0 Å². The van der Waals surface area contributed by atoms with Crippen molar-refractivity contribution in [3.8, 4) is 0 Å². The summed E-state index contributed by atoms with van der Waals surface area (Å²) in [7, 11) is 3.28. The fourth-order valence-corrected chi connectivity index (χ4v) is 3.32. The van der Waals surface area contributed by atoms with E-state index in [1.165, 1.54) is 7.11 Å². The minimum Gasteiger partial charge on any atom is -0.375 e. The molecule has 0 spiro atoms. The van der Waals surface area contributed by atoms with Crippen LogP contribution in [0.5, 0.6) is 0 Å². The number of piperidine rings is 1. The molecule has 1 aliphatic heterocycles.